The molecule has 1 unspecified atom stereocenters. The topological polar surface area (TPSA) is 81.8 Å². The van der Waals surface area contributed by atoms with E-state index < -0.39 is 17.3 Å². The number of rotatable bonds is 4. The molecule has 1 aliphatic heterocycles. The van der Waals surface area contributed by atoms with Crippen LogP contribution in [-0.2, 0) is 9.47 Å². The fraction of sp³-hybridized carbons (Fsp3) is 0.455. The predicted octanol–water partition coefficient (Wildman–Crippen LogP) is 1.39. The van der Waals surface area contributed by atoms with Crippen molar-refractivity contribution in [3.8, 4) is 0 Å². The van der Waals surface area contributed by atoms with Crippen molar-refractivity contribution in [3.05, 3.63) is 39.9 Å². The van der Waals surface area contributed by atoms with Crippen molar-refractivity contribution >= 4 is 5.69 Å². The summed E-state index contributed by atoms with van der Waals surface area (Å²) >= 11 is 0. The van der Waals surface area contributed by atoms with Crippen LogP contribution in [0.1, 0.15) is 18.1 Å². The summed E-state index contributed by atoms with van der Waals surface area (Å²) < 4.78 is 10.4. The maximum Gasteiger partial charge on any atom is 0.275 e. The van der Waals surface area contributed by atoms with Gasteiger partial charge in [0.2, 0.25) is 0 Å². The Bertz CT molecular complexity index is 403. The van der Waals surface area contributed by atoms with Gasteiger partial charge in [0.1, 0.15) is 0 Å². The monoisotopic (exact) mass is 239 g/mol. The summed E-state index contributed by atoms with van der Waals surface area (Å²) in [6.07, 6.45) is -1.24. The Hall–Kier alpha value is -1.50. The molecule has 0 spiro atoms. The first-order chi connectivity index (χ1) is 8.18. The second kappa shape index (κ2) is 5.22. The molecule has 1 aliphatic rings. The number of hydrogen-bond acceptors (Lipinski definition) is 5. The summed E-state index contributed by atoms with van der Waals surface area (Å²) in [6.45, 7) is 0.989. The van der Waals surface area contributed by atoms with Crippen LogP contribution in [0, 0.1) is 10.1 Å². The Labute approximate surface area is 97.9 Å². The van der Waals surface area contributed by atoms with Gasteiger partial charge in [0, 0.05) is 12.5 Å². The van der Waals surface area contributed by atoms with Crippen molar-refractivity contribution in [2.24, 2.45) is 0 Å². The van der Waals surface area contributed by atoms with E-state index in [1.165, 1.54) is 12.1 Å². The van der Waals surface area contributed by atoms with Gasteiger partial charge in [-0.15, -0.1) is 0 Å². The molecule has 6 heteroatoms. The second-order valence-electron chi connectivity index (χ2n) is 3.74. The van der Waals surface area contributed by atoms with Crippen LogP contribution in [0.3, 0.4) is 0 Å². The first-order valence-corrected chi connectivity index (χ1v) is 5.33. The Kier molecular flexibility index (Phi) is 3.68. The third-order valence-electron chi connectivity index (χ3n) is 2.60. The molecule has 0 bridgehead atoms. The first-order valence-electron chi connectivity index (χ1n) is 5.33. The van der Waals surface area contributed by atoms with E-state index in [4.69, 9.17) is 9.47 Å². The minimum absolute atomic E-state index is 0.0852. The molecule has 1 heterocycles. The van der Waals surface area contributed by atoms with Crippen LogP contribution < -0.4 is 0 Å². The number of nitro benzene ring substituents is 1. The third-order valence-corrected chi connectivity index (χ3v) is 2.60. The van der Waals surface area contributed by atoms with Crippen LogP contribution in [0.5, 0.6) is 0 Å². The minimum atomic E-state index is -0.959. The average Bonchev–Trinajstić information content (AvgIpc) is 2.81. The molecule has 0 aromatic heterocycles. The number of nitrogens with zero attached hydrogens (tertiary/aromatic N) is 1. The van der Waals surface area contributed by atoms with Gasteiger partial charge in [0.25, 0.3) is 5.69 Å². The van der Waals surface area contributed by atoms with Gasteiger partial charge in [-0.25, -0.2) is 0 Å². The van der Waals surface area contributed by atoms with Crippen molar-refractivity contribution in [3.63, 3.8) is 0 Å². The summed E-state index contributed by atoms with van der Waals surface area (Å²) in [7, 11) is 0. The van der Waals surface area contributed by atoms with E-state index in [0.717, 1.165) is 0 Å². The van der Waals surface area contributed by atoms with E-state index >= 15 is 0 Å². The van der Waals surface area contributed by atoms with Crippen molar-refractivity contribution in [1.82, 2.24) is 0 Å². The van der Waals surface area contributed by atoms with E-state index in [0.29, 0.717) is 13.2 Å². The van der Waals surface area contributed by atoms with Crippen molar-refractivity contribution in [2.45, 2.75) is 18.8 Å². The number of para-hydroxylation sites is 1. The van der Waals surface area contributed by atoms with E-state index in [9.17, 15) is 15.2 Å². The zero-order chi connectivity index (χ0) is 12.3. The van der Waals surface area contributed by atoms with Gasteiger partial charge in [0.05, 0.1) is 29.8 Å². The molecular formula is C11H13NO5. The molecule has 1 fully saturated rings. The lowest BCUT2D eigenvalue weighted by Gasteiger charge is -2.14. The molecule has 0 saturated carbocycles. The average molecular weight is 239 g/mol. The highest BCUT2D eigenvalue weighted by atomic mass is 16.7. The maximum atomic E-state index is 10.8. The number of aliphatic hydroxyl groups excluding tert-OH is 1. The summed E-state index contributed by atoms with van der Waals surface area (Å²) in [6, 6.07) is 6.13. The zero-order valence-corrected chi connectivity index (χ0v) is 9.11. The second-order valence-corrected chi connectivity index (χ2v) is 3.74. The smallest absolute Gasteiger partial charge is 0.275 e. The van der Waals surface area contributed by atoms with Gasteiger partial charge in [-0.05, 0) is 6.07 Å². The summed E-state index contributed by atoms with van der Waals surface area (Å²) in [5.74, 6) is 0. The molecule has 92 valence electrons. The molecule has 6 nitrogen and oxygen atoms in total. The van der Waals surface area contributed by atoms with E-state index in [2.05, 4.69) is 0 Å². The molecule has 1 N–H and O–H groups in total. The SMILES string of the molecule is O=[N+]([O-])c1ccccc1C(O)CC1OCCO1. The van der Waals surface area contributed by atoms with Gasteiger partial charge in [0.15, 0.2) is 6.29 Å². The van der Waals surface area contributed by atoms with Crippen molar-refractivity contribution < 1.29 is 19.5 Å². The maximum absolute atomic E-state index is 10.8. The Morgan fingerprint density at radius 1 is 1.41 bits per heavy atom. The predicted molar refractivity (Wildman–Crippen MR) is 58.4 cm³/mol. The quantitative estimate of drug-likeness (QED) is 0.634. The lowest BCUT2D eigenvalue weighted by Crippen LogP contribution is -2.14. The number of ether oxygens (including phenoxy) is 2. The molecule has 2 rings (SSSR count). The van der Waals surface area contributed by atoms with Crippen LogP contribution in [0.15, 0.2) is 24.3 Å². The van der Waals surface area contributed by atoms with E-state index in [1.807, 2.05) is 0 Å². The highest BCUT2D eigenvalue weighted by molar-refractivity contribution is 5.41. The lowest BCUT2D eigenvalue weighted by atomic mass is 10.0. The Morgan fingerprint density at radius 3 is 2.71 bits per heavy atom. The Balaban J connectivity index is 2.12. The lowest BCUT2D eigenvalue weighted by molar-refractivity contribution is -0.386. The zero-order valence-electron chi connectivity index (χ0n) is 9.11. The van der Waals surface area contributed by atoms with E-state index in [1.54, 1.807) is 12.1 Å². The van der Waals surface area contributed by atoms with Gasteiger partial charge in [-0.1, -0.05) is 12.1 Å². The van der Waals surface area contributed by atoms with Gasteiger partial charge >= 0.3 is 0 Å². The molecule has 17 heavy (non-hydrogen) atoms. The molecule has 1 aromatic rings. The standard InChI is InChI=1S/C11H13NO5/c13-10(7-11-16-5-6-17-11)8-3-1-2-4-9(8)12(14)15/h1-4,10-11,13H,5-7H2. The summed E-state index contributed by atoms with van der Waals surface area (Å²) in [5, 5.41) is 20.7. The normalized spacial score (nSPS) is 18.2. The van der Waals surface area contributed by atoms with Crippen molar-refractivity contribution in [2.75, 3.05) is 13.2 Å². The van der Waals surface area contributed by atoms with Gasteiger partial charge in [-0.3, -0.25) is 10.1 Å². The van der Waals surface area contributed by atoms with E-state index in [-0.39, 0.29) is 17.7 Å². The molecule has 1 atom stereocenters. The van der Waals surface area contributed by atoms with Crippen LogP contribution in [0.25, 0.3) is 0 Å². The van der Waals surface area contributed by atoms with Crippen LogP contribution in [-0.4, -0.2) is 29.5 Å². The molecule has 0 aliphatic carbocycles. The van der Waals surface area contributed by atoms with Crippen LogP contribution in [0.2, 0.25) is 0 Å². The number of hydrogen-bond donors (Lipinski definition) is 1. The molecule has 0 amide bonds. The molecular weight excluding hydrogens is 226 g/mol. The third kappa shape index (κ3) is 2.79. The fourth-order valence-corrected chi connectivity index (χ4v) is 1.79. The van der Waals surface area contributed by atoms with Crippen LogP contribution in [0.4, 0.5) is 5.69 Å². The molecule has 1 aromatic carbocycles. The molecule has 1 saturated heterocycles. The fourth-order valence-electron chi connectivity index (χ4n) is 1.79. The van der Waals surface area contributed by atoms with Crippen molar-refractivity contribution in [1.29, 1.82) is 0 Å². The number of aliphatic hydroxyl groups is 1. The minimum Gasteiger partial charge on any atom is -0.388 e. The summed E-state index contributed by atoms with van der Waals surface area (Å²) in [5.41, 5.74) is 0.203. The largest absolute Gasteiger partial charge is 0.388 e. The summed E-state index contributed by atoms with van der Waals surface area (Å²) in [4.78, 5) is 10.3. The van der Waals surface area contributed by atoms with Gasteiger partial charge in [-0.2, -0.15) is 0 Å². The first kappa shape index (κ1) is 12.0. The number of nitro groups is 1. The van der Waals surface area contributed by atoms with Crippen LogP contribution >= 0.6 is 0 Å². The Morgan fingerprint density at radius 2 is 2.06 bits per heavy atom. The molecule has 0 radical (unpaired) electrons. The highest BCUT2D eigenvalue weighted by Gasteiger charge is 2.25. The highest BCUT2D eigenvalue weighted by Crippen LogP contribution is 2.29. The number of benzene rings is 1. The van der Waals surface area contributed by atoms with Gasteiger partial charge < -0.3 is 14.6 Å².